The van der Waals surface area contributed by atoms with Gasteiger partial charge in [-0.2, -0.15) is 0 Å². The predicted octanol–water partition coefficient (Wildman–Crippen LogP) is 13.5. The average Bonchev–Trinajstić information content (AvgIpc) is 3.69. The summed E-state index contributed by atoms with van der Waals surface area (Å²) >= 11 is 0. The molecule has 5 nitrogen and oxygen atoms in total. The number of fused-ring (bicyclic) bond motifs is 7. The Morgan fingerprint density at radius 2 is 0.789 bits per heavy atom. The van der Waals surface area contributed by atoms with E-state index >= 15 is 0 Å². The van der Waals surface area contributed by atoms with Gasteiger partial charge in [-0.25, -0.2) is 19.9 Å². The predicted molar refractivity (Wildman–Crippen MR) is 233 cm³/mol. The molecule has 3 heterocycles. The number of aromatic nitrogens is 4. The normalized spacial score (nSPS) is 11.5. The maximum atomic E-state index is 7.00. The summed E-state index contributed by atoms with van der Waals surface area (Å²) in [6.07, 6.45) is 0. The van der Waals surface area contributed by atoms with Crippen LogP contribution in [0.3, 0.4) is 0 Å². The van der Waals surface area contributed by atoms with Crippen molar-refractivity contribution in [3.8, 4) is 67.7 Å². The van der Waals surface area contributed by atoms with Crippen molar-refractivity contribution in [2.24, 2.45) is 0 Å². The molecule has 5 heteroatoms. The molecule has 8 aromatic carbocycles. The van der Waals surface area contributed by atoms with Crippen molar-refractivity contribution >= 4 is 43.6 Å². The van der Waals surface area contributed by atoms with Crippen LogP contribution < -0.4 is 0 Å². The van der Waals surface area contributed by atoms with Crippen molar-refractivity contribution in [3.05, 3.63) is 194 Å². The van der Waals surface area contributed by atoms with E-state index in [0.29, 0.717) is 17.5 Å². The quantitative estimate of drug-likeness (QED) is 0.160. The van der Waals surface area contributed by atoms with E-state index in [2.05, 4.69) is 121 Å². The first-order valence-electron chi connectivity index (χ1n) is 19.1. The van der Waals surface area contributed by atoms with Crippen LogP contribution in [0.2, 0.25) is 0 Å². The van der Waals surface area contributed by atoms with Gasteiger partial charge in [0.25, 0.3) is 0 Å². The van der Waals surface area contributed by atoms with Crippen LogP contribution in [0, 0.1) is 0 Å². The Kier molecular flexibility index (Phi) is 7.74. The molecule has 0 bridgehead atoms. The van der Waals surface area contributed by atoms with Crippen molar-refractivity contribution in [1.29, 1.82) is 0 Å². The van der Waals surface area contributed by atoms with E-state index in [1.807, 2.05) is 72.8 Å². The lowest BCUT2D eigenvalue weighted by atomic mass is 9.96. The van der Waals surface area contributed by atoms with E-state index in [9.17, 15) is 0 Å². The molecule has 0 atom stereocenters. The van der Waals surface area contributed by atoms with Gasteiger partial charge >= 0.3 is 0 Å². The summed E-state index contributed by atoms with van der Waals surface area (Å²) in [7, 11) is 0. The van der Waals surface area contributed by atoms with E-state index in [-0.39, 0.29) is 0 Å². The minimum absolute atomic E-state index is 0.631. The van der Waals surface area contributed by atoms with Gasteiger partial charge in [0.15, 0.2) is 17.5 Å². The summed E-state index contributed by atoms with van der Waals surface area (Å²) in [5.41, 5.74) is 11.9. The summed E-state index contributed by atoms with van der Waals surface area (Å²) in [6.45, 7) is 0. The molecule has 0 aliphatic heterocycles. The maximum absolute atomic E-state index is 7.00. The fourth-order valence-corrected chi connectivity index (χ4v) is 7.95. The minimum atomic E-state index is 0.631. The van der Waals surface area contributed by atoms with Crippen LogP contribution in [0.4, 0.5) is 0 Å². The second kappa shape index (κ2) is 13.5. The van der Waals surface area contributed by atoms with Gasteiger partial charge in [0, 0.05) is 54.7 Å². The summed E-state index contributed by atoms with van der Waals surface area (Å²) in [5, 5.41) is 5.41. The first-order valence-corrected chi connectivity index (χ1v) is 19.1. The van der Waals surface area contributed by atoms with Gasteiger partial charge in [0.05, 0.1) is 11.2 Å². The number of rotatable bonds is 6. The molecular weight excluding hydrogens is 697 g/mol. The van der Waals surface area contributed by atoms with Crippen molar-refractivity contribution < 1.29 is 4.42 Å². The van der Waals surface area contributed by atoms with E-state index in [4.69, 9.17) is 24.4 Å². The Morgan fingerprint density at radius 1 is 0.298 bits per heavy atom. The SMILES string of the molecule is c1ccc(-c2nc(-c3ccccc3)nc(-c3ccc(-c4cccc(-c5cccc6c5oc5c6ccc6c(-c7ccccc7)nc7ccccc7c65)c4)cc3)n2)cc1. The largest absolute Gasteiger partial charge is 0.455 e. The van der Waals surface area contributed by atoms with Crippen LogP contribution in [0.15, 0.2) is 199 Å². The lowest BCUT2D eigenvalue weighted by Crippen LogP contribution is -2.00. The monoisotopic (exact) mass is 728 g/mol. The minimum Gasteiger partial charge on any atom is -0.455 e. The zero-order valence-electron chi connectivity index (χ0n) is 30.7. The van der Waals surface area contributed by atoms with Crippen LogP contribution in [-0.2, 0) is 0 Å². The number of benzene rings is 8. The third-order valence-corrected chi connectivity index (χ3v) is 10.7. The molecule has 57 heavy (non-hydrogen) atoms. The number of hydrogen-bond donors (Lipinski definition) is 0. The van der Waals surface area contributed by atoms with Gasteiger partial charge in [-0.3, -0.25) is 0 Å². The molecule has 11 rings (SSSR count). The zero-order valence-corrected chi connectivity index (χ0v) is 30.7. The average molecular weight is 729 g/mol. The summed E-state index contributed by atoms with van der Waals surface area (Å²) in [5.74, 6) is 1.92. The van der Waals surface area contributed by atoms with Gasteiger partial charge < -0.3 is 4.42 Å². The second-order valence-corrected chi connectivity index (χ2v) is 14.2. The lowest BCUT2D eigenvalue weighted by Gasteiger charge is -2.10. The van der Waals surface area contributed by atoms with Crippen molar-refractivity contribution in [3.63, 3.8) is 0 Å². The van der Waals surface area contributed by atoms with E-state index in [0.717, 1.165) is 93.8 Å². The Hall–Kier alpha value is -7.76. The molecule has 0 fully saturated rings. The van der Waals surface area contributed by atoms with Crippen LogP contribution in [0.1, 0.15) is 0 Å². The topological polar surface area (TPSA) is 64.7 Å². The molecule has 266 valence electrons. The number of para-hydroxylation sites is 2. The first-order chi connectivity index (χ1) is 28.2. The number of nitrogens with zero attached hydrogens (tertiary/aromatic N) is 4. The molecule has 3 aromatic heterocycles. The highest BCUT2D eigenvalue weighted by Gasteiger charge is 2.19. The van der Waals surface area contributed by atoms with Crippen LogP contribution in [-0.4, -0.2) is 19.9 Å². The van der Waals surface area contributed by atoms with E-state index in [1.165, 1.54) is 0 Å². The molecule has 0 aliphatic carbocycles. The number of pyridine rings is 1. The van der Waals surface area contributed by atoms with Crippen LogP contribution >= 0.6 is 0 Å². The molecule has 0 radical (unpaired) electrons. The van der Waals surface area contributed by atoms with Gasteiger partial charge in [-0.05, 0) is 34.9 Å². The molecule has 0 spiro atoms. The van der Waals surface area contributed by atoms with Crippen molar-refractivity contribution in [2.75, 3.05) is 0 Å². The van der Waals surface area contributed by atoms with E-state index < -0.39 is 0 Å². The molecule has 0 unspecified atom stereocenters. The van der Waals surface area contributed by atoms with E-state index in [1.54, 1.807) is 0 Å². The fraction of sp³-hybridized carbons (Fsp3) is 0. The van der Waals surface area contributed by atoms with Gasteiger partial charge in [0.2, 0.25) is 0 Å². The Morgan fingerprint density at radius 3 is 1.47 bits per heavy atom. The molecule has 0 amide bonds. The third-order valence-electron chi connectivity index (χ3n) is 10.7. The first kappa shape index (κ1) is 32.7. The Labute approximate surface area is 328 Å². The highest BCUT2D eigenvalue weighted by Crippen LogP contribution is 2.43. The molecule has 0 aliphatic rings. The standard InChI is InChI=1S/C52H32N4O/c1-4-14-34(15-5-1)47-44-31-30-42-41-24-13-23-40(48(41)57-49(42)46(44)43-22-10-11-25-45(43)53-47)39-21-12-20-38(32-39)33-26-28-37(29-27-33)52-55-50(35-16-6-2-7-17-35)54-51(56-52)36-18-8-3-9-19-36/h1-32H. The zero-order chi connectivity index (χ0) is 37.7. The fourth-order valence-electron chi connectivity index (χ4n) is 7.95. The Bertz CT molecular complexity index is 3210. The highest BCUT2D eigenvalue weighted by atomic mass is 16.3. The smallest absolute Gasteiger partial charge is 0.164 e. The summed E-state index contributed by atoms with van der Waals surface area (Å²) in [6, 6.07) is 66.8. The maximum Gasteiger partial charge on any atom is 0.164 e. The van der Waals surface area contributed by atoms with Gasteiger partial charge in [-0.1, -0.05) is 176 Å². The van der Waals surface area contributed by atoms with Crippen molar-refractivity contribution in [1.82, 2.24) is 19.9 Å². The second-order valence-electron chi connectivity index (χ2n) is 14.2. The number of hydrogen-bond acceptors (Lipinski definition) is 5. The van der Waals surface area contributed by atoms with Gasteiger partial charge in [-0.15, -0.1) is 0 Å². The molecular formula is C52H32N4O. The molecule has 0 saturated carbocycles. The van der Waals surface area contributed by atoms with Crippen molar-refractivity contribution in [2.45, 2.75) is 0 Å². The molecule has 0 N–H and O–H groups in total. The van der Waals surface area contributed by atoms with Crippen LogP contribution in [0.5, 0.6) is 0 Å². The molecule has 11 aromatic rings. The highest BCUT2D eigenvalue weighted by molar-refractivity contribution is 6.25. The number of furan rings is 1. The lowest BCUT2D eigenvalue weighted by molar-refractivity contribution is 0.674. The Balaban J connectivity index is 1.00. The summed E-state index contributed by atoms with van der Waals surface area (Å²) in [4.78, 5) is 19.8. The van der Waals surface area contributed by atoms with Crippen LogP contribution in [0.25, 0.3) is 111 Å². The summed E-state index contributed by atoms with van der Waals surface area (Å²) < 4.78 is 7.00. The molecule has 0 saturated heterocycles. The van der Waals surface area contributed by atoms with Gasteiger partial charge in [0.1, 0.15) is 11.2 Å². The third kappa shape index (κ3) is 5.72.